The molecule has 0 fully saturated rings. The van der Waals surface area contributed by atoms with Gasteiger partial charge in [0.05, 0.1) is 110 Å². The van der Waals surface area contributed by atoms with E-state index in [0.717, 1.165) is 66.6 Å². The van der Waals surface area contributed by atoms with Crippen molar-refractivity contribution in [2.45, 2.75) is 91.3 Å². The minimum atomic E-state index is -1.83. The summed E-state index contributed by atoms with van der Waals surface area (Å²) in [5, 5.41) is 13.7. The van der Waals surface area contributed by atoms with Crippen molar-refractivity contribution in [1.82, 2.24) is 25.3 Å². The van der Waals surface area contributed by atoms with Gasteiger partial charge in [-0.25, -0.2) is 10.5 Å². The van der Waals surface area contributed by atoms with Gasteiger partial charge >= 0.3 is 8.60 Å². The summed E-state index contributed by atoms with van der Waals surface area (Å²) in [6, 6.07) is 15.6. The van der Waals surface area contributed by atoms with Crippen molar-refractivity contribution in [2.24, 2.45) is 11.6 Å². The molecular weight excluding hydrogens is 844 g/mol. The van der Waals surface area contributed by atoms with Gasteiger partial charge in [0, 0.05) is 42.4 Å². The molecule has 0 radical (unpaired) electrons. The Balaban J connectivity index is 1.13. The van der Waals surface area contributed by atoms with E-state index in [-0.39, 0.29) is 30.8 Å². The number of hydrazine groups is 1. The Morgan fingerprint density at radius 3 is 2.14 bits per heavy atom. The molecule has 2 amide bonds. The highest BCUT2D eigenvalue weighted by molar-refractivity contribution is 7.40. The van der Waals surface area contributed by atoms with Crippen LogP contribution in [0.25, 0.3) is 22.5 Å². The molecule has 6 N–H and O–H groups in total. The number of nitrogens with one attached hydrogen (secondary N) is 1. The number of hydrogen-bond acceptors (Lipinski definition) is 15. The topological polar surface area (TPSA) is 220 Å². The third-order valence-corrected chi connectivity index (χ3v) is 10.9. The average molecular weight is 915 g/mol. The van der Waals surface area contributed by atoms with Gasteiger partial charge in [0.1, 0.15) is 5.69 Å². The van der Waals surface area contributed by atoms with Crippen LogP contribution in [-0.4, -0.2) is 129 Å². The fourth-order valence-corrected chi connectivity index (χ4v) is 7.44. The SMILES string of the molecule is CCC/C(N)=C/N(N)CCOCCOCCOCCOCCOCCn1nnc2c1-c1ccccc1CN(C(=O)CCC(=O)NCCCCCCOP(O)OC(C)C)c1ccccc1-2. The summed E-state index contributed by atoms with van der Waals surface area (Å²) in [6.45, 7) is 12.6. The number of benzene rings is 2. The first-order chi connectivity index (χ1) is 31.2. The first kappa shape index (κ1) is 52.6. The Bertz CT molecular complexity index is 1820. The van der Waals surface area contributed by atoms with E-state index >= 15 is 0 Å². The van der Waals surface area contributed by atoms with Crippen LogP contribution in [0.5, 0.6) is 0 Å². The highest BCUT2D eigenvalue weighted by Gasteiger charge is 2.29. The Hall–Kier alpha value is -4.07. The second-order valence-corrected chi connectivity index (χ2v) is 16.4. The molecule has 1 unspecified atom stereocenters. The first-order valence-electron chi connectivity index (χ1n) is 22.5. The number of amides is 2. The normalized spacial score (nSPS) is 13.0. The number of nitrogens with zero attached hydrogens (tertiary/aromatic N) is 5. The molecule has 0 aliphatic carbocycles. The van der Waals surface area contributed by atoms with Crippen LogP contribution >= 0.6 is 8.60 Å². The van der Waals surface area contributed by atoms with Crippen LogP contribution in [-0.2, 0) is 55.4 Å². The lowest BCUT2D eigenvalue weighted by atomic mass is 9.95. The van der Waals surface area contributed by atoms with E-state index in [4.69, 9.17) is 44.3 Å². The van der Waals surface area contributed by atoms with Crippen LogP contribution in [0, 0.1) is 0 Å². The van der Waals surface area contributed by atoms with Crippen LogP contribution < -0.4 is 21.8 Å². The van der Waals surface area contributed by atoms with Crippen LogP contribution in [0.4, 0.5) is 5.69 Å². The average Bonchev–Trinajstić information content (AvgIpc) is 3.68. The lowest BCUT2D eigenvalue weighted by molar-refractivity contribution is -0.125. The summed E-state index contributed by atoms with van der Waals surface area (Å²) in [4.78, 5) is 38.1. The summed E-state index contributed by atoms with van der Waals surface area (Å²) in [5.41, 5.74) is 11.5. The number of ether oxygens (including phenoxy) is 5. The van der Waals surface area contributed by atoms with Crippen molar-refractivity contribution in [3.05, 3.63) is 66.0 Å². The van der Waals surface area contributed by atoms with Gasteiger partial charge in [0.15, 0.2) is 0 Å². The third-order valence-electron chi connectivity index (χ3n) is 9.85. The van der Waals surface area contributed by atoms with Gasteiger partial charge in [-0.3, -0.25) is 9.59 Å². The fraction of sp³-hybridized carbons (Fsp3) is 0.600. The van der Waals surface area contributed by atoms with E-state index in [1.54, 1.807) is 16.1 Å². The van der Waals surface area contributed by atoms with Crippen LogP contribution in [0.2, 0.25) is 0 Å². The summed E-state index contributed by atoms with van der Waals surface area (Å²) in [7, 11) is -1.83. The van der Waals surface area contributed by atoms with Gasteiger partial charge in [-0.1, -0.05) is 73.9 Å². The molecule has 64 heavy (non-hydrogen) atoms. The van der Waals surface area contributed by atoms with Crippen molar-refractivity contribution in [2.75, 3.05) is 90.7 Å². The van der Waals surface area contributed by atoms with Gasteiger partial charge in [-0.05, 0) is 44.7 Å². The Kier molecular flexibility index (Phi) is 25.4. The largest absolute Gasteiger partial charge is 0.401 e. The number of para-hydroxylation sites is 1. The molecular formula is C45H71N8O10P. The number of unbranched alkanes of at least 4 members (excludes halogenated alkanes) is 3. The van der Waals surface area contributed by atoms with Crippen molar-refractivity contribution in [3.63, 3.8) is 0 Å². The van der Waals surface area contributed by atoms with Crippen molar-refractivity contribution in [3.8, 4) is 22.5 Å². The Morgan fingerprint density at radius 1 is 0.828 bits per heavy atom. The minimum absolute atomic E-state index is 0.0619. The van der Waals surface area contributed by atoms with Gasteiger partial charge in [-0.2, -0.15) is 0 Å². The molecule has 0 saturated heterocycles. The quantitative estimate of drug-likeness (QED) is 0.0254. The van der Waals surface area contributed by atoms with Gasteiger partial charge in [-0.15, -0.1) is 5.10 Å². The molecule has 0 saturated carbocycles. The maximum atomic E-state index is 13.9. The zero-order valence-corrected chi connectivity index (χ0v) is 38.9. The number of allylic oxidation sites excluding steroid dienone is 1. The molecule has 0 spiro atoms. The Morgan fingerprint density at radius 2 is 1.45 bits per heavy atom. The second-order valence-electron chi connectivity index (χ2n) is 15.4. The number of carbonyl (C=O) groups is 2. The van der Waals surface area contributed by atoms with E-state index in [9.17, 15) is 14.5 Å². The fourth-order valence-electron chi connectivity index (χ4n) is 6.73. The molecule has 1 aliphatic rings. The number of anilines is 1. The summed E-state index contributed by atoms with van der Waals surface area (Å²) < 4.78 is 40.6. The number of aromatic nitrogens is 3. The predicted octanol–water partition coefficient (Wildman–Crippen LogP) is 5.44. The molecule has 4 rings (SSSR count). The van der Waals surface area contributed by atoms with E-state index in [0.29, 0.717) is 110 Å². The summed E-state index contributed by atoms with van der Waals surface area (Å²) >= 11 is 0. The lowest BCUT2D eigenvalue weighted by Crippen LogP contribution is -2.33. The van der Waals surface area contributed by atoms with Crippen LogP contribution in [0.3, 0.4) is 0 Å². The molecule has 18 nitrogen and oxygen atoms in total. The Labute approximate surface area is 379 Å². The summed E-state index contributed by atoms with van der Waals surface area (Å²) in [5.74, 6) is 5.58. The predicted molar refractivity (Wildman–Crippen MR) is 246 cm³/mol. The maximum absolute atomic E-state index is 13.9. The monoisotopic (exact) mass is 915 g/mol. The second kappa shape index (κ2) is 31.0. The molecule has 0 bridgehead atoms. The van der Waals surface area contributed by atoms with Gasteiger partial charge < -0.3 is 58.6 Å². The number of nitrogens with two attached hydrogens (primary N) is 2. The highest BCUT2D eigenvalue weighted by atomic mass is 31.2. The molecule has 2 aromatic carbocycles. The van der Waals surface area contributed by atoms with E-state index < -0.39 is 8.60 Å². The van der Waals surface area contributed by atoms with Crippen molar-refractivity contribution >= 4 is 26.1 Å². The smallest absolute Gasteiger partial charge is 0.330 e. The number of hydrogen-bond donors (Lipinski definition) is 4. The summed E-state index contributed by atoms with van der Waals surface area (Å²) in [6.07, 6.45) is 7.03. The highest BCUT2D eigenvalue weighted by Crippen LogP contribution is 2.41. The molecule has 1 atom stereocenters. The minimum Gasteiger partial charge on any atom is -0.401 e. The van der Waals surface area contributed by atoms with Crippen LogP contribution in [0.1, 0.15) is 77.7 Å². The van der Waals surface area contributed by atoms with Crippen molar-refractivity contribution in [1.29, 1.82) is 0 Å². The molecule has 2 heterocycles. The van der Waals surface area contributed by atoms with E-state index in [1.165, 1.54) is 0 Å². The third kappa shape index (κ3) is 19.6. The van der Waals surface area contributed by atoms with E-state index in [1.807, 2.05) is 67.1 Å². The number of carbonyl (C=O) groups excluding carboxylic acids is 2. The van der Waals surface area contributed by atoms with E-state index in [2.05, 4.69) is 22.6 Å². The molecule has 356 valence electrons. The maximum Gasteiger partial charge on any atom is 0.330 e. The molecule has 19 heteroatoms. The number of fused-ring (bicyclic) bond motifs is 5. The standard InChI is InChI=1S/C45H71N8O10P/c1-4-13-38(46)35-51(47)21-24-57-26-28-59-30-32-61-33-31-60-29-27-58-25-22-53-45-39-15-8-7-14-37(39)34-52(41-17-10-9-16-40(41)44(45)49-50-53)43(55)19-18-42(54)48-20-11-5-6-12-23-62-64(56)63-36(2)3/h7-10,14-17,35-36,56H,4-6,11-13,18-34,46-47H2,1-3H3,(H,48,54)/b38-35-. The first-order valence-corrected chi connectivity index (χ1v) is 23.6. The zero-order valence-electron chi connectivity index (χ0n) is 38.0. The lowest BCUT2D eigenvalue weighted by Gasteiger charge is -2.28. The van der Waals surface area contributed by atoms with Crippen LogP contribution in [0.15, 0.2) is 60.4 Å². The molecule has 3 aromatic rings. The molecule has 1 aromatic heterocycles. The molecule has 1 aliphatic heterocycles. The zero-order chi connectivity index (χ0) is 45.8. The van der Waals surface area contributed by atoms with Gasteiger partial charge in [0.25, 0.3) is 0 Å². The number of rotatable bonds is 34. The van der Waals surface area contributed by atoms with Crippen molar-refractivity contribution < 1.29 is 47.2 Å². The van der Waals surface area contributed by atoms with Gasteiger partial charge in [0.2, 0.25) is 11.8 Å².